The minimum atomic E-state index is 0. The molecule has 0 aromatic heterocycles. The molecule has 0 aliphatic carbocycles. The molecule has 1 fully saturated rings. The second-order valence-electron chi connectivity index (χ2n) is 5.39. The molecule has 1 aliphatic heterocycles. The fourth-order valence-corrected chi connectivity index (χ4v) is 3.07. The van der Waals surface area contributed by atoms with E-state index in [1.807, 2.05) is 6.07 Å². The zero-order valence-corrected chi connectivity index (χ0v) is 13.1. The Morgan fingerprint density at radius 1 is 1.42 bits per heavy atom. The van der Waals surface area contributed by atoms with Gasteiger partial charge in [-0.25, -0.2) is 0 Å². The molecule has 19 heavy (non-hydrogen) atoms. The van der Waals surface area contributed by atoms with Crippen molar-refractivity contribution < 1.29 is 0 Å². The number of piperidine rings is 1. The number of halogens is 2. The van der Waals surface area contributed by atoms with Crippen LogP contribution in [0, 0.1) is 12.8 Å². The van der Waals surface area contributed by atoms with Crippen LogP contribution >= 0.6 is 24.0 Å². The molecule has 0 radical (unpaired) electrons. The van der Waals surface area contributed by atoms with Crippen molar-refractivity contribution in [3.63, 3.8) is 0 Å². The summed E-state index contributed by atoms with van der Waals surface area (Å²) in [7, 11) is 0. The van der Waals surface area contributed by atoms with Gasteiger partial charge in [-0.15, -0.1) is 12.4 Å². The largest absolute Gasteiger partial charge is 0.330 e. The Labute approximate surface area is 127 Å². The molecule has 0 amide bonds. The number of rotatable bonds is 4. The van der Waals surface area contributed by atoms with E-state index >= 15 is 0 Å². The minimum absolute atomic E-state index is 0. The standard InChI is InChI=1S/C15H23ClN2.ClH/c1-12-9-15(16)5-4-14(12)11-18-8-2-3-13(10-18)6-7-17;/h4-5,9,13H,2-3,6-8,10-11,17H2,1H3;1H. The average Bonchev–Trinajstić information content (AvgIpc) is 2.34. The third-order valence-corrected chi connectivity index (χ3v) is 4.11. The van der Waals surface area contributed by atoms with Gasteiger partial charge in [-0.2, -0.15) is 0 Å². The summed E-state index contributed by atoms with van der Waals surface area (Å²) >= 11 is 6.00. The van der Waals surface area contributed by atoms with Crippen LogP contribution in [-0.4, -0.2) is 24.5 Å². The number of hydrogen-bond acceptors (Lipinski definition) is 2. The highest BCUT2D eigenvalue weighted by atomic mass is 35.5. The highest BCUT2D eigenvalue weighted by molar-refractivity contribution is 6.30. The van der Waals surface area contributed by atoms with E-state index in [1.54, 1.807) is 0 Å². The number of aryl methyl sites for hydroxylation is 1. The van der Waals surface area contributed by atoms with Crippen LogP contribution in [-0.2, 0) is 6.54 Å². The second kappa shape index (κ2) is 8.11. The molecule has 0 saturated carbocycles. The predicted molar refractivity (Wildman–Crippen MR) is 85.1 cm³/mol. The number of nitrogens with two attached hydrogens (primary N) is 1. The number of nitrogens with zero attached hydrogens (tertiary/aromatic N) is 1. The van der Waals surface area contributed by atoms with Gasteiger partial charge in [0.25, 0.3) is 0 Å². The molecule has 4 heteroatoms. The molecule has 2 nitrogen and oxygen atoms in total. The highest BCUT2D eigenvalue weighted by Gasteiger charge is 2.19. The number of likely N-dealkylation sites (tertiary alicyclic amines) is 1. The summed E-state index contributed by atoms with van der Waals surface area (Å²) in [5.74, 6) is 0.788. The quantitative estimate of drug-likeness (QED) is 0.920. The van der Waals surface area contributed by atoms with Crippen LogP contribution in [0.1, 0.15) is 30.4 Å². The lowest BCUT2D eigenvalue weighted by atomic mass is 9.94. The SMILES string of the molecule is Cc1cc(Cl)ccc1CN1CCCC(CCN)C1.Cl. The molecule has 1 atom stereocenters. The van der Waals surface area contributed by atoms with E-state index in [1.165, 1.54) is 37.1 Å². The molecule has 1 heterocycles. The molecule has 2 rings (SSSR count). The fourth-order valence-electron chi connectivity index (χ4n) is 2.84. The zero-order valence-electron chi connectivity index (χ0n) is 11.6. The van der Waals surface area contributed by atoms with Gasteiger partial charge in [0.05, 0.1) is 0 Å². The first-order valence-electron chi connectivity index (χ1n) is 6.86. The van der Waals surface area contributed by atoms with Gasteiger partial charge in [-0.3, -0.25) is 4.90 Å². The summed E-state index contributed by atoms with van der Waals surface area (Å²) in [6.07, 6.45) is 3.81. The summed E-state index contributed by atoms with van der Waals surface area (Å²) in [6.45, 7) is 6.41. The highest BCUT2D eigenvalue weighted by Crippen LogP contribution is 2.22. The Balaban J connectivity index is 0.00000180. The maximum absolute atomic E-state index is 6.00. The van der Waals surface area contributed by atoms with Crippen molar-refractivity contribution in [1.82, 2.24) is 4.90 Å². The average molecular weight is 303 g/mol. The van der Waals surface area contributed by atoms with Crippen LogP contribution < -0.4 is 5.73 Å². The van der Waals surface area contributed by atoms with Crippen molar-refractivity contribution in [2.45, 2.75) is 32.7 Å². The van der Waals surface area contributed by atoms with Gasteiger partial charge in [-0.05, 0) is 68.5 Å². The summed E-state index contributed by atoms with van der Waals surface area (Å²) in [4.78, 5) is 2.56. The summed E-state index contributed by atoms with van der Waals surface area (Å²) < 4.78 is 0. The molecule has 1 saturated heterocycles. The topological polar surface area (TPSA) is 29.3 Å². The maximum atomic E-state index is 6.00. The summed E-state index contributed by atoms with van der Waals surface area (Å²) in [5.41, 5.74) is 8.36. The smallest absolute Gasteiger partial charge is 0.0408 e. The van der Waals surface area contributed by atoms with E-state index in [9.17, 15) is 0 Å². The molecular formula is C15H24Cl2N2. The molecule has 2 N–H and O–H groups in total. The summed E-state index contributed by atoms with van der Waals surface area (Å²) in [6, 6.07) is 6.20. The third-order valence-electron chi connectivity index (χ3n) is 3.88. The predicted octanol–water partition coefficient (Wildman–Crippen LogP) is 3.63. The molecule has 1 aromatic carbocycles. The van der Waals surface area contributed by atoms with Crippen LogP contribution in [0.25, 0.3) is 0 Å². The molecular weight excluding hydrogens is 279 g/mol. The van der Waals surface area contributed by atoms with Crippen molar-refractivity contribution in [2.24, 2.45) is 11.7 Å². The molecule has 1 aliphatic rings. The second-order valence-corrected chi connectivity index (χ2v) is 5.83. The van der Waals surface area contributed by atoms with Crippen LogP contribution in [0.5, 0.6) is 0 Å². The van der Waals surface area contributed by atoms with Gasteiger partial charge in [-0.1, -0.05) is 17.7 Å². The van der Waals surface area contributed by atoms with Crippen LogP contribution in [0.3, 0.4) is 0 Å². The van der Waals surface area contributed by atoms with Crippen molar-refractivity contribution in [3.05, 3.63) is 34.3 Å². The monoisotopic (exact) mass is 302 g/mol. The fraction of sp³-hybridized carbons (Fsp3) is 0.600. The Morgan fingerprint density at radius 3 is 2.89 bits per heavy atom. The van der Waals surface area contributed by atoms with E-state index < -0.39 is 0 Å². The van der Waals surface area contributed by atoms with Gasteiger partial charge in [0.2, 0.25) is 0 Å². The van der Waals surface area contributed by atoms with Crippen LogP contribution in [0.2, 0.25) is 5.02 Å². The van der Waals surface area contributed by atoms with Crippen LogP contribution in [0.4, 0.5) is 0 Å². The Kier molecular flexibility index (Phi) is 7.16. The van der Waals surface area contributed by atoms with E-state index in [0.717, 1.165) is 30.5 Å². The first kappa shape index (κ1) is 16.8. The lowest BCUT2D eigenvalue weighted by Gasteiger charge is -2.33. The third kappa shape index (κ3) is 4.96. The Hall–Kier alpha value is -0.280. The van der Waals surface area contributed by atoms with Crippen molar-refractivity contribution in [1.29, 1.82) is 0 Å². The summed E-state index contributed by atoms with van der Waals surface area (Å²) in [5, 5.41) is 0.830. The van der Waals surface area contributed by atoms with E-state index in [-0.39, 0.29) is 12.4 Å². The Morgan fingerprint density at radius 2 is 2.21 bits per heavy atom. The number of hydrogen-bond donors (Lipinski definition) is 1. The van der Waals surface area contributed by atoms with Crippen molar-refractivity contribution >= 4 is 24.0 Å². The van der Waals surface area contributed by atoms with Gasteiger partial charge in [0.15, 0.2) is 0 Å². The van der Waals surface area contributed by atoms with Gasteiger partial charge >= 0.3 is 0 Å². The van der Waals surface area contributed by atoms with E-state index in [2.05, 4.69) is 24.0 Å². The minimum Gasteiger partial charge on any atom is -0.330 e. The van der Waals surface area contributed by atoms with Crippen molar-refractivity contribution in [2.75, 3.05) is 19.6 Å². The first-order chi connectivity index (χ1) is 8.69. The molecule has 1 unspecified atom stereocenters. The van der Waals surface area contributed by atoms with E-state index in [0.29, 0.717) is 0 Å². The Bertz CT molecular complexity index is 394. The van der Waals surface area contributed by atoms with Gasteiger partial charge < -0.3 is 5.73 Å². The number of benzene rings is 1. The normalized spacial score (nSPS) is 20.1. The van der Waals surface area contributed by atoms with Gasteiger partial charge in [0, 0.05) is 18.1 Å². The first-order valence-corrected chi connectivity index (χ1v) is 7.24. The van der Waals surface area contributed by atoms with E-state index in [4.69, 9.17) is 17.3 Å². The molecule has 1 aromatic rings. The maximum Gasteiger partial charge on any atom is 0.0408 e. The lowest BCUT2D eigenvalue weighted by molar-refractivity contribution is 0.163. The van der Waals surface area contributed by atoms with Gasteiger partial charge in [0.1, 0.15) is 0 Å². The zero-order chi connectivity index (χ0) is 13.0. The van der Waals surface area contributed by atoms with Crippen LogP contribution in [0.15, 0.2) is 18.2 Å². The molecule has 0 bridgehead atoms. The molecule has 108 valence electrons. The van der Waals surface area contributed by atoms with Crippen molar-refractivity contribution in [3.8, 4) is 0 Å². The lowest BCUT2D eigenvalue weighted by Crippen LogP contribution is -2.35. The molecule has 0 spiro atoms.